The normalized spacial score (nSPS) is 12.0. The van der Waals surface area contributed by atoms with E-state index < -0.39 is 0 Å². The summed E-state index contributed by atoms with van der Waals surface area (Å²) in [5, 5.41) is 6.18. The van der Waals surface area contributed by atoms with Crippen LogP contribution in [0, 0.1) is 0 Å². The van der Waals surface area contributed by atoms with Gasteiger partial charge in [-0.05, 0) is 38.9 Å². The lowest BCUT2D eigenvalue weighted by atomic mass is 10.2. The highest BCUT2D eigenvalue weighted by atomic mass is 16.1. The fraction of sp³-hybridized carbons (Fsp3) is 0.625. The molecule has 5 heteroatoms. The first-order valence-electron chi connectivity index (χ1n) is 7.84. The van der Waals surface area contributed by atoms with Crippen molar-refractivity contribution in [1.82, 2.24) is 15.6 Å². The van der Waals surface area contributed by atoms with Gasteiger partial charge in [0.25, 0.3) is 5.91 Å². The van der Waals surface area contributed by atoms with E-state index in [1.165, 1.54) is 0 Å². The predicted octanol–water partition coefficient (Wildman–Crippen LogP) is 2.05. The van der Waals surface area contributed by atoms with Crippen LogP contribution in [0.25, 0.3) is 0 Å². The van der Waals surface area contributed by atoms with Gasteiger partial charge in [-0.2, -0.15) is 0 Å². The fourth-order valence-corrected chi connectivity index (χ4v) is 2.18. The summed E-state index contributed by atoms with van der Waals surface area (Å²) in [4.78, 5) is 18.6. The van der Waals surface area contributed by atoms with Crippen molar-refractivity contribution in [2.45, 2.75) is 40.2 Å². The van der Waals surface area contributed by atoms with Crippen LogP contribution < -0.4 is 15.5 Å². The number of amides is 1. The molecule has 0 aliphatic heterocycles. The van der Waals surface area contributed by atoms with Gasteiger partial charge in [0.05, 0.1) is 5.56 Å². The minimum atomic E-state index is -0.0719. The SMILES string of the molecule is CCCN(CC)c1ccc(C(=O)NC[C@@H](C)NCC)cn1. The van der Waals surface area contributed by atoms with Gasteiger partial charge in [-0.3, -0.25) is 4.79 Å². The second kappa shape index (κ2) is 9.34. The van der Waals surface area contributed by atoms with E-state index in [0.29, 0.717) is 12.1 Å². The monoisotopic (exact) mass is 292 g/mol. The molecule has 0 bridgehead atoms. The first-order valence-corrected chi connectivity index (χ1v) is 7.84. The van der Waals surface area contributed by atoms with E-state index >= 15 is 0 Å². The Bertz CT molecular complexity index is 419. The summed E-state index contributed by atoms with van der Waals surface area (Å²) >= 11 is 0. The van der Waals surface area contributed by atoms with Crippen molar-refractivity contribution in [3.05, 3.63) is 23.9 Å². The van der Waals surface area contributed by atoms with Gasteiger partial charge in [-0.25, -0.2) is 4.98 Å². The van der Waals surface area contributed by atoms with Gasteiger partial charge in [0.1, 0.15) is 5.82 Å². The Morgan fingerprint density at radius 2 is 2.10 bits per heavy atom. The third-order valence-corrected chi connectivity index (χ3v) is 3.33. The van der Waals surface area contributed by atoms with E-state index in [1.54, 1.807) is 6.20 Å². The van der Waals surface area contributed by atoms with Crippen LogP contribution in [-0.4, -0.2) is 43.1 Å². The summed E-state index contributed by atoms with van der Waals surface area (Å²) < 4.78 is 0. The molecule has 1 aromatic rings. The molecule has 1 atom stereocenters. The quantitative estimate of drug-likeness (QED) is 0.731. The zero-order valence-corrected chi connectivity index (χ0v) is 13.6. The van der Waals surface area contributed by atoms with Crippen molar-refractivity contribution in [3.8, 4) is 0 Å². The van der Waals surface area contributed by atoms with E-state index in [2.05, 4.69) is 48.2 Å². The highest BCUT2D eigenvalue weighted by Crippen LogP contribution is 2.11. The molecule has 1 aromatic heterocycles. The first kappa shape index (κ1) is 17.4. The number of hydrogen-bond donors (Lipinski definition) is 2. The lowest BCUT2D eigenvalue weighted by molar-refractivity contribution is 0.0950. The second-order valence-corrected chi connectivity index (χ2v) is 5.15. The molecule has 0 saturated carbocycles. The van der Waals surface area contributed by atoms with E-state index in [1.807, 2.05) is 12.1 Å². The standard InChI is InChI=1S/C16H28N4O/c1-5-10-20(7-3)15-9-8-14(12-18-15)16(21)19-11-13(4)17-6-2/h8-9,12-13,17H,5-7,10-11H2,1-4H3,(H,19,21)/t13-/m1/s1. The van der Waals surface area contributed by atoms with Gasteiger partial charge in [0.2, 0.25) is 0 Å². The fourth-order valence-electron chi connectivity index (χ4n) is 2.18. The highest BCUT2D eigenvalue weighted by Gasteiger charge is 2.09. The minimum absolute atomic E-state index is 0.0719. The maximum atomic E-state index is 12.0. The lowest BCUT2D eigenvalue weighted by Gasteiger charge is -2.21. The topological polar surface area (TPSA) is 57.3 Å². The number of likely N-dealkylation sites (N-methyl/N-ethyl adjacent to an activating group) is 1. The van der Waals surface area contributed by atoms with Crippen LogP contribution in [0.2, 0.25) is 0 Å². The molecular weight excluding hydrogens is 264 g/mol. The molecule has 5 nitrogen and oxygen atoms in total. The molecule has 2 N–H and O–H groups in total. The number of anilines is 1. The summed E-state index contributed by atoms with van der Waals surface area (Å²) in [6, 6.07) is 4.03. The zero-order valence-electron chi connectivity index (χ0n) is 13.6. The Labute approximate surface area is 128 Å². The molecule has 0 aliphatic carbocycles. The van der Waals surface area contributed by atoms with Crippen LogP contribution in [0.15, 0.2) is 18.3 Å². The van der Waals surface area contributed by atoms with E-state index in [9.17, 15) is 4.79 Å². The number of nitrogens with zero attached hydrogens (tertiary/aromatic N) is 2. The third-order valence-electron chi connectivity index (χ3n) is 3.33. The molecule has 1 amide bonds. The van der Waals surface area contributed by atoms with Gasteiger partial charge in [-0.1, -0.05) is 13.8 Å². The molecule has 118 valence electrons. The van der Waals surface area contributed by atoms with Crippen LogP contribution in [0.5, 0.6) is 0 Å². The van der Waals surface area contributed by atoms with E-state index in [0.717, 1.165) is 31.9 Å². The predicted molar refractivity (Wildman–Crippen MR) is 87.9 cm³/mol. The summed E-state index contributed by atoms with van der Waals surface area (Å²) in [5.74, 6) is 0.856. The van der Waals surface area contributed by atoms with Crippen LogP contribution >= 0.6 is 0 Å². The van der Waals surface area contributed by atoms with Crippen LogP contribution in [0.1, 0.15) is 44.5 Å². The number of nitrogens with one attached hydrogen (secondary N) is 2. The molecule has 0 saturated heterocycles. The minimum Gasteiger partial charge on any atom is -0.357 e. The zero-order chi connectivity index (χ0) is 15.7. The van der Waals surface area contributed by atoms with Crippen molar-refractivity contribution >= 4 is 11.7 Å². The number of carbonyl (C=O) groups excluding carboxylic acids is 1. The van der Waals surface area contributed by atoms with Crippen molar-refractivity contribution in [3.63, 3.8) is 0 Å². The molecule has 0 fully saturated rings. The number of pyridine rings is 1. The number of aromatic nitrogens is 1. The van der Waals surface area contributed by atoms with Gasteiger partial charge in [-0.15, -0.1) is 0 Å². The average molecular weight is 292 g/mol. The van der Waals surface area contributed by atoms with Gasteiger partial charge in [0, 0.05) is 31.9 Å². The highest BCUT2D eigenvalue weighted by molar-refractivity contribution is 5.94. The molecule has 0 aliphatic rings. The Morgan fingerprint density at radius 3 is 2.62 bits per heavy atom. The molecule has 21 heavy (non-hydrogen) atoms. The molecule has 0 unspecified atom stereocenters. The van der Waals surface area contributed by atoms with Crippen molar-refractivity contribution < 1.29 is 4.79 Å². The molecule has 1 rings (SSSR count). The Balaban J connectivity index is 2.58. The van der Waals surface area contributed by atoms with Crippen molar-refractivity contribution in [2.24, 2.45) is 0 Å². The summed E-state index contributed by atoms with van der Waals surface area (Å²) in [6.45, 7) is 11.8. The molecule has 0 radical (unpaired) electrons. The van der Waals surface area contributed by atoms with Crippen LogP contribution in [0.3, 0.4) is 0 Å². The molecular formula is C16H28N4O. The van der Waals surface area contributed by atoms with E-state index in [4.69, 9.17) is 0 Å². The van der Waals surface area contributed by atoms with Crippen LogP contribution in [-0.2, 0) is 0 Å². The van der Waals surface area contributed by atoms with Gasteiger partial charge < -0.3 is 15.5 Å². The second-order valence-electron chi connectivity index (χ2n) is 5.15. The molecule has 0 aromatic carbocycles. The lowest BCUT2D eigenvalue weighted by Crippen LogP contribution is -2.38. The molecule has 0 spiro atoms. The van der Waals surface area contributed by atoms with Gasteiger partial charge in [0.15, 0.2) is 0 Å². The largest absolute Gasteiger partial charge is 0.357 e. The summed E-state index contributed by atoms with van der Waals surface area (Å²) in [5.41, 5.74) is 0.606. The Morgan fingerprint density at radius 1 is 1.33 bits per heavy atom. The maximum Gasteiger partial charge on any atom is 0.252 e. The number of carbonyl (C=O) groups is 1. The van der Waals surface area contributed by atoms with Crippen molar-refractivity contribution in [2.75, 3.05) is 31.1 Å². The average Bonchev–Trinajstić information content (AvgIpc) is 2.51. The first-order chi connectivity index (χ1) is 10.1. The van der Waals surface area contributed by atoms with E-state index in [-0.39, 0.29) is 11.9 Å². The Hall–Kier alpha value is -1.62. The van der Waals surface area contributed by atoms with Gasteiger partial charge >= 0.3 is 0 Å². The third kappa shape index (κ3) is 5.71. The summed E-state index contributed by atoms with van der Waals surface area (Å²) in [6.07, 6.45) is 2.74. The van der Waals surface area contributed by atoms with Crippen LogP contribution in [0.4, 0.5) is 5.82 Å². The maximum absolute atomic E-state index is 12.0. The Kier molecular flexibility index (Phi) is 7.75. The summed E-state index contributed by atoms with van der Waals surface area (Å²) in [7, 11) is 0. The number of rotatable bonds is 9. The number of hydrogen-bond acceptors (Lipinski definition) is 4. The molecule has 1 heterocycles. The smallest absolute Gasteiger partial charge is 0.252 e. The van der Waals surface area contributed by atoms with Crippen molar-refractivity contribution in [1.29, 1.82) is 0 Å².